The van der Waals surface area contributed by atoms with Gasteiger partial charge in [-0.25, -0.2) is 14.8 Å². The van der Waals surface area contributed by atoms with Crippen LogP contribution in [-0.4, -0.2) is 51.2 Å². The molecule has 13 nitrogen and oxygen atoms in total. The number of hydrogen-bond acceptors (Lipinski definition) is 12. The molecule has 4 N–H and O–H groups in total. The molecule has 49 heavy (non-hydrogen) atoms. The number of anilines is 2. The number of aromatic nitrogens is 5. The molecule has 1 amide bonds. The van der Waals surface area contributed by atoms with E-state index in [4.69, 9.17) is 19.6 Å². The average Bonchev–Trinajstić information content (AvgIpc) is 3.86. The number of nitrogens with two attached hydrogens (primary N) is 1. The van der Waals surface area contributed by atoms with Gasteiger partial charge in [-0.15, -0.1) is 11.3 Å². The number of allylic oxidation sites excluding steroid dienone is 1. The van der Waals surface area contributed by atoms with E-state index in [1.165, 1.54) is 17.7 Å². The largest absolute Gasteiger partial charge is 0.471 e. The van der Waals surface area contributed by atoms with Crippen LogP contribution in [0, 0.1) is 11.3 Å². The lowest BCUT2D eigenvalue weighted by Crippen LogP contribution is -2.28. The molecule has 244 valence electrons. The number of carbonyl (C=O) groups excluding carboxylic acids is 1. The fourth-order valence-electron chi connectivity index (χ4n) is 5.09. The van der Waals surface area contributed by atoms with E-state index in [1.54, 1.807) is 6.08 Å². The maximum absolute atomic E-state index is 12.4. The molecule has 0 aliphatic rings. The van der Waals surface area contributed by atoms with Gasteiger partial charge in [0.1, 0.15) is 41.2 Å². The molecule has 7 rings (SSSR count). The Kier molecular flexibility index (Phi) is 8.72. The molecular weight excluding hydrogens is 643 g/mol. The van der Waals surface area contributed by atoms with Gasteiger partial charge in [-0.1, -0.05) is 36.4 Å². The van der Waals surface area contributed by atoms with Gasteiger partial charge in [-0.2, -0.15) is 15.2 Å². The maximum Gasteiger partial charge on any atom is 0.407 e. The Hall–Kier alpha value is -6.46. The third-order valence-electron chi connectivity index (χ3n) is 7.66. The quantitative estimate of drug-likeness (QED) is 0.131. The Bertz CT molecular complexity index is 2320. The Morgan fingerprint density at radius 1 is 1.10 bits per heavy atom. The summed E-state index contributed by atoms with van der Waals surface area (Å²) in [5.74, 6) is 0.981. The smallest absolute Gasteiger partial charge is 0.407 e. The highest BCUT2D eigenvalue weighted by Gasteiger charge is 2.13. The number of ether oxygens (including phenoxy) is 2. The van der Waals surface area contributed by atoms with Crippen LogP contribution in [0.4, 0.5) is 16.4 Å². The predicted molar refractivity (Wildman–Crippen MR) is 188 cm³/mol. The van der Waals surface area contributed by atoms with Gasteiger partial charge >= 0.3 is 6.09 Å². The second-order valence-corrected chi connectivity index (χ2v) is 12.1. The van der Waals surface area contributed by atoms with Gasteiger partial charge in [0.25, 0.3) is 0 Å². The van der Waals surface area contributed by atoms with Crippen molar-refractivity contribution in [1.82, 2.24) is 30.2 Å². The number of likely N-dealkylation sites (N-methyl/N-ethyl adjacent to an activating group) is 1. The number of hydrogen-bond donors (Lipinski definition) is 3. The first-order chi connectivity index (χ1) is 23.9. The first-order valence-electron chi connectivity index (χ1n) is 15.2. The van der Waals surface area contributed by atoms with E-state index in [-0.39, 0.29) is 19.2 Å². The van der Waals surface area contributed by atoms with E-state index in [2.05, 4.69) is 36.3 Å². The Labute approximate surface area is 283 Å². The number of H-pyrrole nitrogens is 1. The molecular formula is C35H29N9O4S. The van der Waals surface area contributed by atoms with Crippen molar-refractivity contribution < 1.29 is 18.7 Å². The topological polar surface area (TPSA) is 181 Å². The molecule has 0 saturated heterocycles. The summed E-state index contributed by atoms with van der Waals surface area (Å²) < 4.78 is 18.3. The molecule has 0 unspecified atom stereocenters. The number of carbonyl (C=O) groups is 1. The van der Waals surface area contributed by atoms with Gasteiger partial charge < -0.3 is 34.8 Å². The number of nitriles is 1. The highest BCUT2D eigenvalue weighted by molar-refractivity contribution is 7.19. The number of imidazole rings is 1. The van der Waals surface area contributed by atoms with Gasteiger partial charge in [0.05, 0.1) is 28.7 Å². The van der Waals surface area contributed by atoms with E-state index >= 15 is 0 Å². The standard InChI is InChI=1S/C35H29N9O4S/c1-44(25-10-11-28-23(14-25)15-26(48-28)16-24(17-36)33-41-27-4-2-3-5-29(27)49-33)12-13-46-35(45)38-18-21-6-8-22(9-7-21)19-47-32-30-31(40-20-39-30)42-34(37)43-32/h2-11,14-16,20H,12-13,18-19H2,1H3,(H,38,45)(H3,37,39,40,42,43)/b24-16+. The lowest BCUT2D eigenvalue weighted by Gasteiger charge is -2.19. The van der Waals surface area contributed by atoms with E-state index < -0.39 is 6.09 Å². The van der Waals surface area contributed by atoms with E-state index in [0.717, 1.165) is 32.4 Å². The molecule has 0 aliphatic heterocycles. The van der Waals surface area contributed by atoms with Crippen molar-refractivity contribution in [1.29, 1.82) is 5.26 Å². The summed E-state index contributed by atoms with van der Waals surface area (Å²) in [6.07, 6.45) is 2.72. The summed E-state index contributed by atoms with van der Waals surface area (Å²) in [6, 6.07) is 25.4. The van der Waals surface area contributed by atoms with Crippen molar-refractivity contribution in [2.24, 2.45) is 0 Å². The zero-order chi connectivity index (χ0) is 33.7. The van der Waals surface area contributed by atoms with Gasteiger partial charge in [-0.05, 0) is 47.5 Å². The van der Waals surface area contributed by atoms with Gasteiger partial charge in [0.15, 0.2) is 5.65 Å². The zero-order valence-electron chi connectivity index (χ0n) is 26.2. The summed E-state index contributed by atoms with van der Waals surface area (Å²) in [5, 5.41) is 14.1. The van der Waals surface area contributed by atoms with Gasteiger partial charge in [0.2, 0.25) is 11.8 Å². The van der Waals surface area contributed by atoms with Crippen LogP contribution in [0.15, 0.2) is 83.5 Å². The number of alkyl carbamates (subject to hydrolysis) is 1. The van der Waals surface area contributed by atoms with Gasteiger partial charge in [-0.3, -0.25) is 0 Å². The number of nitrogen functional groups attached to an aromatic ring is 1. The molecule has 7 aromatic rings. The molecule has 0 aliphatic carbocycles. The molecule has 3 aromatic carbocycles. The van der Waals surface area contributed by atoms with Crippen LogP contribution in [0.25, 0.3) is 44.0 Å². The molecule has 0 atom stereocenters. The number of furan rings is 1. The molecule has 0 saturated carbocycles. The minimum absolute atomic E-state index is 0.0850. The number of para-hydroxylation sites is 1. The molecule has 0 radical (unpaired) electrons. The molecule has 0 fully saturated rings. The zero-order valence-corrected chi connectivity index (χ0v) is 27.0. The fourth-order valence-corrected chi connectivity index (χ4v) is 6.02. The maximum atomic E-state index is 12.4. The van der Waals surface area contributed by atoms with Crippen molar-refractivity contribution in [3.8, 4) is 11.9 Å². The molecule has 0 spiro atoms. The third-order valence-corrected chi connectivity index (χ3v) is 8.73. The summed E-state index contributed by atoms with van der Waals surface area (Å²) in [5.41, 5.74) is 11.5. The van der Waals surface area contributed by atoms with Crippen molar-refractivity contribution in [2.75, 3.05) is 30.8 Å². The number of thiazole rings is 1. The Morgan fingerprint density at radius 2 is 1.94 bits per heavy atom. The molecule has 14 heteroatoms. The monoisotopic (exact) mass is 671 g/mol. The Balaban J connectivity index is 0.879. The number of nitrogens with zero attached hydrogens (tertiary/aromatic N) is 6. The van der Waals surface area contributed by atoms with E-state index in [0.29, 0.717) is 52.1 Å². The van der Waals surface area contributed by atoms with Crippen LogP contribution in [0.2, 0.25) is 0 Å². The highest BCUT2D eigenvalue weighted by atomic mass is 32.1. The van der Waals surface area contributed by atoms with E-state index in [9.17, 15) is 10.1 Å². The van der Waals surface area contributed by atoms with Crippen LogP contribution >= 0.6 is 11.3 Å². The number of aromatic amines is 1. The van der Waals surface area contributed by atoms with E-state index in [1.807, 2.05) is 84.7 Å². The van der Waals surface area contributed by atoms with Crippen molar-refractivity contribution in [3.63, 3.8) is 0 Å². The molecule has 0 bridgehead atoms. The minimum Gasteiger partial charge on any atom is -0.471 e. The lowest BCUT2D eigenvalue weighted by molar-refractivity contribution is 0.148. The fraction of sp³-hybridized carbons (Fsp3) is 0.143. The van der Waals surface area contributed by atoms with Crippen LogP contribution in [0.3, 0.4) is 0 Å². The lowest BCUT2D eigenvalue weighted by atomic mass is 10.1. The number of benzene rings is 3. The SMILES string of the molecule is CN(CCOC(=O)NCc1ccc(COc2nc(N)nc3nc[nH]c23)cc1)c1ccc2oc(/C=C(\C#N)c3nc4ccccc4s3)cc2c1. The summed E-state index contributed by atoms with van der Waals surface area (Å²) >= 11 is 1.47. The highest BCUT2D eigenvalue weighted by Crippen LogP contribution is 2.30. The average molecular weight is 672 g/mol. The van der Waals surface area contributed by atoms with Crippen molar-refractivity contribution >= 4 is 73.1 Å². The normalized spacial score (nSPS) is 11.6. The number of amides is 1. The molecule has 4 heterocycles. The summed E-state index contributed by atoms with van der Waals surface area (Å²) in [7, 11) is 1.92. The minimum atomic E-state index is -0.506. The summed E-state index contributed by atoms with van der Waals surface area (Å²) in [6.45, 7) is 1.26. The molecule has 4 aromatic heterocycles. The van der Waals surface area contributed by atoms with Crippen molar-refractivity contribution in [2.45, 2.75) is 13.2 Å². The number of nitrogens with one attached hydrogen (secondary N) is 2. The van der Waals surface area contributed by atoms with Crippen LogP contribution < -0.4 is 20.7 Å². The van der Waals surface area contributed by atoms with Crippen LogP contribution in [0.5, 0.6) is 5.88 Å². The van der Waals surface area contributed by atoms with Crippen LogP contribution in [-0.2, 0) is 17.9 Å². The second-order valence-electron chi connectivity index (χ2n) is 11.0. The Morgan fingerprint density at radius 3 is 2.78 bits per heavy atom. The predicted octanol–water partition coefficient (Wildman–Crippen LogP) is 6.30. The third kappa shape index (κ3) is 7.11. The first-order valence-corrected chi connectivity index (χ1v) is 16.0. The van der Waals surface area contributed by atoms with Crippen molar-refractivity contribution in [3.05, 3.63) is 101 Å². The number of rotatable bonds is 11. The number of fused-ring (bicyclic) bond motifs is 3. The van der Waals surface area contributed by atoms with Gasteiger partial charge in [0, 0.05) is 30.7 Å². The second kappa shape index (κ2) is 13.7. The first kappa shape index (κ1) is 31.2. The summed E-state index contributed by atoms with van der Waals surface area (Å²) in [4.78, 5) is 34.2. The van der Waals surface area contributed by atoms with Crippen LogP contribution in [0.1, 0.15) is 21.9 Å².